The fourth-order valence-corrected chi connectivity index (χ4v) is 3.47. The Bertz CT molecular complexity index is 912. The molecule has 0 radical (unpaired) electrons. The maximum Gasteiger partial charge on any atom is 0.318 e. The lowest BCUT2D eigenvalue weighted by Gasteiger charge is -2.31. The molecule has 0 fully saturated rings. The van der Waals surface area contributed by atoms with E-state index in [1.807, 2.05) is 6.92 Å². The van der Waals surface area contributed by atoms with E-state index in [0.29, 0.717) is 28.6 Å². The molecule has 3 rings (SSSR count). The minimum atomic E-state index is -0.488. The molecule has 1 aliphatic rings. The number of hydrogen-bond donors (Lipinski definition) is 3. The SMILES string of the molecule is C[C@@H](CO)Nc1ncc2c(c1F)CN(C(=O)N[C@H](C)c1ccc(Cl)c(Cl)c1)CC2. The predicted molar refractivity (Wildman–Crippen MR) is 112 cm³/mol. The molecule has 9 heteroatoms. The highest BCUT2D eigenvalue weighted by molar-refractivity contribution is 6.42. The van der Waals surface area contributed by atoms with Gasteiger partial charge in [-0.1, -0.05) is 29.3 Å². The molecule has 6 nitrogen and oxygen atoms in total. The van der Waals surface area contributed by atoms with Gasteiger partial charge in [0.15, 0.2) is 11.6 Å². The van der Waals surface area contributed by atoms with Crippen LogP contribution in [0.1, 0.15) is 36.6 Å². The number of carbonyl (C=O) groups excluding carboxylic acids is 1. The van der Waals surface area contributed by atoms with Gasteiger partial charge < -0.3 is 20.6 Å². The molecule has 3 N–H and O–H groups in total. The molecule has 29 heavy (non-hydrogen) atoms. The van der Waals surface area contributed by atoms with E-state index in [-0.39, 0.29) is 37.1 Å². The Balaban J connectivity index is 1.71. The standard InChI is InChI=1S/C20H23Cl2FN4O2/c1-11(10-28)25-19-18(23)15-9-27(6-5-14(15)8-24-19)20(29)26-12(2)13-3-4-16(21)17(22)7-13/h3-4,7-8,11-12,28H,5-6,9-10H2,1-2H3,(H,24,25)(H,26,29)/t11-,12+/m0/s1. The van der Waals surface area contributed by atoms with Crippen LogP contribution < -0.4 is 10.6 Å². The number of urea groups is 1. The van der Waals surface area contributed by atoms with Gasteiger partial charge in [0.05, 0.1) is 29.2 Å². The third kappa shape index (κ3) is 4.91. The van der Waals surface area contributed by atoms with Gasteiger partial charge in [0.25, 0.3) is 0 Å². The first kappa shape index (κ1) is 21.6. The van der Waals surface area contributed by atoms with Gasteiger partial charge in [-0.2, -0.15) is 0 Å². The van der Waals surface area contributed by atoms with Crippen LogP contribution in [0.4, 0.5) is 15.0 Å². The average Bonchev–Trinajstić information content (AvgIpc) is 2.71. The maximum absolute atomic E-state index is 14.9. The van der Waals surface area contributed by atoms with Gasteiger partial charge in [-0.05, 0) is 43.5 Å². The van der Waals surface area contributed by atoms with Crippen molar-refractivity contribution < 1.29 is 14.3 Å². The van der Waals surface area contributed by atoms with Crippen LogP contribution in [0.15, 0.2) is 24.4 Å². The molecule has 0 saturated heterocycles. The van der Waals surface area contributed by atoms with Gasteiger partial charge >= 0.3 is 6.03 Å². The molecule has 1 aliphatic heterocycles. The van der Waals surface area contributed by atoms with E-state index in [9.17, 15) is 9.18 Å². The van der Waals surface area contributed by atoms with Crippen LogP contribution in [0.5, 0.6) is 0 Å². The van der Waals surface area contributed by atoms with E-state index >= 15 is 0 Å². The van der Waals surface area contributed by atoms with E-state index in [4.69, 9.17) is 28.3 Å². The second-order valence-electron chi connectivity index (χ2n) is 7.17. The lowest BCUT2D eigenvalue weighted by atomic mass is 10.0. The van der Waals surface area contributed by atoms with E-state index < -0.39 is 5.82 Å². The van der Waals surface area contributed by atoms with Crippen molar-refractivity contribution in [2.45, 2.75) is 38.9 Å². The molecule has 0 aliphatic carbocycles. The number of halogens is 3. The smallest absolute Gasteiger partial charge is 0.318 e. The van der Waals surface area contributed by atoms with Crippen LogP contribution in [-0.4, -0.2) is 40.2 Å². The predicted octanol–water partition coefficient (Wildman–Crippen LogP) is 4.15. The lowest BCUT2D eigenvalue weighted by Crippen LogP contribution is -2.44. The summed E-state index contributed by atoms with van der Waals surface area (Å²) in [5.74, 6) is -0.408. The summed E-state index contributed by atoms with van der Waals surface area (Å²) < 4.78 is 14.9. The normalized spacial score (nSPS) is 15.4. The van der Waals surface area contributed by atoms with E-state index in [2.05, 4.69) is 15.6 Å². The number of carbonyl (C=O) groups is 1. The molecule has 0 unspecified atom stereocenters. The van der Waals surface area contributed by atoms with Crippen molar-refractivity contribution in [3.8, 4) is 0 Å². The molecule has 2 amide bonds. The zero-order valence-electron chi connectivity index (χ0n) is 16.2. The highest BCUT2D eigenvalue weighted by Crippen LogP contribution is 2.27. The van der Waals surface area contributed by atoms with Crippen molar-refractivity contribution in [2.24, 2.45) is 0 Å². The molecule has 2 aromatic rings. The fraction of sp³-hybridized carbons (Fsp3) is 0.400. The van der Waals surface area contributed by atoms with Crippen LogP contribution in [0.3, 0.4) is 0 Å². The highest BCUT2D eigenvalue weighted by Gasteiger charge is 2.26. The van der Waals surface area contributed by atoms with Crippen molar-refractivity contribution in [2.75, 3.05) is 18.5 Å². The van der Waals surface area contributed by atoms with Gasteiger partial charge in [0, 0.05) is 24.3 Å². The molecule has 1 aromatic heterocycles. The van der Waals surface area contributed by atoms with Crippen LogP contribution in [-0.2, 0) is 13.0 Å². The highest BCUT2D eigenvalue weighted by atomic mass is 35.5. The largest absolute Gasteiger partial charge is 0.394 e. The Morgan fingerprint density at radius 3 is 2.79 bits per heavy atom. The van der Waals surface area contributed by atoms with Crippen LogP contribution in [0.2, 0.25) is 10.0 Å². The number of rotatable bonds is 5. The summed E-state index contributed by atoms with van der Waals surface area (Å²) in [5.41, 5.74) is 2.05. The van der Waals surface area contributed by atoms with Crippen molar-refractivity contribution >= 4 is 35.1 Å². The zero-order chi connectivity index (χ0) is 21.1. The van der Waals surface area contributed by atoms with Gasteiger partial charge in [-0.15, -0.1) is 0 Å². The monoisotopic (exact) mass is 440 g/mol. The summed E-state index contributed by atoms with van der Waals surface area (Å²) in [6.07, 6.45) is 2.14. The number of nitrogens with zero attached hydrogens (tertiary/aromatic N) is 2. The number of anilines is 1. The average molecular weight is 441 g/mol. The number of hydrogen-bond acceptors (Lipinski definition) is 4. The van der Waals surface area contributed by atoms with Crippen molar-refractivity contribution in [3.63, 3.8) is 0 Å². The van der Waals surface area contributed by atoms with Crippen LogP contribution >= 0.6 is 23.2 Å². The van der Waals surface area contributed by atoms with Crippen molar-refractivity contribution in [3.05, 3.63) is 56.9 Å². The molecule has 1 aromatic carbocycles. The number of benzene rings is 1. The van der Waals surface area contributed by atoms with E-state index in [0.717, 1.165) is 11.1 Å². The lowest BCUT2D eigenvalue weighted by molar-refractivity contribution is 0.188. The van der Waals surface area contributed by atoms with E-state index in [1.54, 1.807) is 36.2 Å². The zero-order valence-corrected chi connectivity index (χ0v) is 17.7. The first-order chi connectivity index (χ1) is 13.8. The van der Waals surface area contributed by atoms with E-state index in [1.165, 1.54) is 0 Å². The molecule has 0 bridgehead atoms. The van der Waals surface area contributed by atoms with Gasteiger partial charge in [0.2, 0.25) is 0 Å². The number of aliphatic hydroxyl groups excluding tert-OH is 1. The Morgan fingerprint density at radius 2 is 2.10 bits per heavy atom. The Labute approximate surface area is 179 Å². The van der Waals surface area contributed by atoms with Gasteiger partial charge in [0.1, 0.15) is 0 Å². The molecule has 0 spiro atoms. The Hall–Kier alpha value is -2.09. The molecule has 156 valence electrons. The number of pyridine rings is 1. The minimum absolute atomic E-state index is 0.0803. The second kappa shape index (κ2) is 9.15. The summed E-state index contributed by atoms with van der Waals surface area (Å²) in [6, 6.07) is 4.29. The number of fused-ring (bicyclic) bond motifs is 1. The number of nitrogens with one attached hydrogen (secondary N) is 2. The Morgan fingerprint density at radius 1 is 1.34 bits per heavy atom. The Kier molecular flexibility index (Phi) is 6.82. The maximum atomic E-state index is 14.9. The minimum Gasteiger partial charge on any atom is -0.394 e. The third-order valence-electron chi connectivity index (χ3n) is 4.94. The molecular formula is C20H23Cl2FN4O2. The molecule has 2 heterocycles. The topological polar surface area (TPSA) is 77.5 Å². The first-order valence-electron chi connectivity index (χ1n) is 9.34. The summed E-state index contributed by atoms with van der Waals surface area (Å²) >= 11 is 12.0. The number of aromatic nitrogens is 1. The van der Waals surface area contributed by atoms with Crippen LogP contribution in [0, 0.1) is 5.82 Å². The number of aliphatic hydroxyl groups is 1. The third-order valence-corrected chi connectivity index (χ3v) is 5.68. The molecular weight excluding hydrogens is 418 g/mol. The second-order valence-corrected chi connectivity index (χ2v) is 7.98. The summed E-state index contributed by atoms with van der Waals surface area (Å²) in [7, 11) is 0. The number of amides is 2. The fourth-order valence-electron chi connectivity index (χ4n) is 3.17. The summed E-state index contributed by atoms with van der Waals surface area (Å²) in [5, 5.41) is 15.8. The summed E-state index contributed by atoms with van der Waals surface area (Å²) in [6.45, 7) is 4.04. The van der Waals surface area contributed by atoms with Crippen molar-refractivity contribution in [1.29, 1.82) is 0 Å². The quantitative estimate of drug-likeness (QED) is 0.652. The summed E-state index contributed by atoms with van der Waals surface area (Å²) in [4.78, 5) is 18.4. The van der Waals surface area contributed by atoms with Gasteiger partial charge in [-0.3, -0.25) is 0 Å². The first-order valence-corrected chi connectivity index (χ1v) is 10.1. The van der Waals surface area contributed by atoms with Crippen molar-refractivity contribution in [1.82, 2.24) is 15.2 Å². The molecule has 2 atom stereocenters. The van der Waals surface area contributed by atoms with Gasteiger partial charge in [-0.25, -0.2) is 14.2 Å². The molecule has 0 saturated carbocycles. The van der Waals surface area contributed by atoms with Crippen LogP contribution in [0.25, 0.3) is 0 Å².